The molecule has 5 heteroatoms. The summed E-state index contributed by atoms with van der Waals surface area (Å²) >= 11 is 5.84. The molecule has 2 N–H and O–H groups in total. The van der Waals surface area contributed by atoms with E-state index in [0.717, 1.165) is 37.9 Å². The second-order valence-corrected chi connectivity index (χ2v) is 6.63. The summed E-state index contributed by atoms with van der Waals surface area (Å²) < 4.78 is 0. The average molecular weight is 325 g/mol. The van der Waals surface area contributed by atoms with Crippen LogP contribution >= 0.6 is 11.6 Å². The van der Waals surface area contributed by atoms with E-state index < -0.39 is 0 Å². The summed E-state index contributed by atoms with van der Waals surface area (Å²) in [7, 11) is 0. The third-order valence-corrected chi connectivity index (χ3v) is 5.02. The number of benzene rings is 1. The Labute approximate surface area is 137 Å². The number of aliphatic hydroxyl groups excluding tert-OH is 1. The maximum absolute atomic E-state index is 12.0. The van der Waals surface area contributed by atoms with Crippen LogP contribution < -0.4 is 5.32 Å². The highest BCUT2D eigenvalue weighted by Gasteiger charge is 2.32. The number of carbonyl (C=O) groups excluding carboxylic acids is 1. The van der Waals surface area contributed by atoms with Gasteiger partial charge in [0.25, 0.3) is 0 Å². The van der Waals surface area contributed by atoms with Gasteiger partial charge in [-0.1, -0.05) is 30.7 Å². The lowest BCUT2D eigenvalue weighted by atomic mass is 9.77. The zero-order valence-electron chi connectivity index (χ0n) is 13.1. The molecule has 1 aromatic carbocycles. The Morgan fingerprint density at radius 3 is 2.50 bits per heavy atom. The highest BCUT2D eigenvalue weighted by molar-refractivity contribution is 6.30. The molecule has 0 saturated carbocycles. The molecule has 0 spiro atoms. The second-order valence-electron chi connectivity index (χ2n) is 6.19. The fraction of sp³-hybridized carbons (Fsp3) is 0.588. The number of halogens is 1. The van der Waals surface area contributed by atoms with Gasteiger partial charge < -0.3 is 10.4 Å². The van der Waals surface area contributed by atoms with Gasteiger partial charge in [-0.25, -0.2) is 0 Å². The number of likely N-dealkylation sites (tertiary alicyclic amines) is 1. The smallest absolute Gasteiger partial charge is 0.234 e. The van der Waals surface area contributed by atoms with Crippen molar-refractivity contribution >= 4 is 17.5 Å². The average Bonchev–Trinajstić information content (AvgIpc) is 2.55. The number of nitrogens with zero attached hydrogens (tertiary/aromatic N) is 1. The predicted molar refractivity (Wildman–Crippen MR) is 88.8 cm³/mol. The number of hydrogen-bond donors (Lipinski definition) is 2. The van der Waals surface area contributed by atoms with Crippen molar-refractivity contribution in [1.82, 2.24) is 10.2 Å². The summed E-state index contributed by atoms with van der Waals surface area (Å²) in [5.41, 5.74) is 1.11. The number of nitrogens with one attached hydrogen (secondary N) is 1. The van der Waals surface area contributed by atoms with Crippen LogP contribution in [-0.4, -0.2) is 42.2 Å². The van der Waals surface area contributed by atoms with Crippen LogP contribution in [0.15, 0.2) is 24.3 Å². The first-order chi connectivity index (χ1) is 10.6. The molecule has 1 amide bonds. The van der Waals surface area contributed by atoms with Crippen molar-refractivity contribution < 1.29 is 9.90 Å². The van der Waals surface area contributed by atoms with Crippen LogP contribution in [0.25, 0.3) is 0 Å². The van der Waals surface area contributed by atoms with Crippen molar-refractivity contribution in [3.8, 4) is 0 Å². The molecule has 1 aromatic rings. The van der Waals surface area contributed by atoms with Crippen LogP contribution in [0.5, 0.6) is 0 Å². The minimum atomic E-state index is 0.0444. The SMILES string of the molecule is CCC1(CO)CCN(CC(=O)NCc2ccc(Cl)cc2)CC1. The standard InChI is InChI=1S/C17H25ClN2O2/c1-2-17(13-21)7-9-20(10-8-17)12-16(22)19-11-14-3-5-15(18)6-4-14/h3-6,21H,2,7-13H2,1H3,(H,19,22). The van der Waals surface area contributed by atoms with Crippen LogP contribution in [0, 0.1) is 5.41 Å². The van der Waals surface area contributed by atoms with Gasteiger partial charge in [0.05, 0.1) is 6.54 Å². The number of aliphatic hydroxyl groups is 1. The Morgan fingerprint density at radius 2 is 1.95 bits per heavy atom. The number of amides is 1. The normalized spacial score (nSPS) is 18.1. The highest BCUT2D eigenvalue weighted by Crippen LogP contribution is 2.33. The highest BCUT2D eigenvalue weighted by atomic mass is 35.5. The van der Waals surface area contributed by atoms with Crippen molar-refractivity contribution in [2.24, 2.45) is 5.41 Å². The molecule has 0 atom stereocenters. The molecule has 1 heterocycles. The Balaban J connectivity index is 1.73. The zero-order valence-corrected chi connectivity index (χ0v) is 13.9. The lowest BCUT2D eigenvalue weighted by Crippen LogP contribution is -2.45. The number of piperidine rings is 1. The van der Waals surface area contributed by atoms with Crippen LogP contribution in [0.1, 0.15) is 31.7 Å². The van der Waals surface area contributed by atoms with Crippen molar-refractivity contribution in [2.75, 3.05) is 26.2 Å². The summed E-state index contributed by atoms with van der Waals surface area (Å²) in [6, 6.07) is 7.49. The second kappa shape index (κ2) is 7.95. The van der Waals surface area contributed by atoms with Crippen molar-refractivity contribution in [3.63, 3.8) is 0 Å². The Hall–Kier alpha value is -1.10. The summed E-state index contributed by atoms with van der Waals surface area (Å²) in [5.74, 6) is 0.0444. The van der Waals surface area contributed by atoms with Gasteiger partial charge >= 0.3 is 0 Å². The third-order valence-electron chi connectivity index (χ3n) is 4.77. The summed E-state index contributed by atoms with van der Waals surface area (Å²) in [5, 5.41) is 13.2. The van der Waals surface area contributed by atoms with Gasteiger partial charge in [-0.05, 0) is 55.5 Å². The van der Waals surface area contributed by atoms with Gasteiger partial charge in [0.15, 0.2) is 0 Å². The number of rotatable bonds is 6. The summed E-state index contributed by atoms with van der Waals surface area (Å²) in [6.45, 7) is 5.09. The Morgan fingerprint density at radius 1 is 1.32 bits per heavy atom. The molecule has 122 valence electrons. The molecule has 1 saturated heterocycles. The molecule has 2 rings (SSSR count). The zero-order chi connectivity index (χ0) is 16.0. The maximum atomic E-state index is 12.0. The molecule has 0 bridgehead atoms. The third kappa shape index (κ3) is 4.70. The quantitative estimate of drug-likeness (QED) is 0.845. The first-order valence-electron chi connectivity index (χ1n) is 7.91. The van der Waals surface area contributed by atoms with E-state index in [0.29, 0.717) is 18.1 Å². The topological polar surface area (TPSA) is 52.6 Å². The molecule has 0 aromatic heterocycles. The van der Waals surface area contributed by atoms with Gasteiger partial charge in [0.2, 0.25) is 5.91 Å². The van der Waals surface area contributed by atoms with Crippen molar-refractivity contribution in [1.29, 1.82) is 0 Å². The molecule has 0 aliphatic carbocycles. The molecular formula is C17H25ClN2O2. The number of hydrogen-bond acceptors (Lipinski definition) is 3. The van der Waals surface area contributed by atoms with Gasteiger partial charge in [-0.15, -0.1) is 0 Å². The van der Waals surface area contributed by atoms with Crippen LogP contribution in [0.2, 0.25) is 5.02 Å². The first kappa shape index (κ1) is 17.3. The molecular weight excluding hydrogens is 300 g/mol. The molecule has 4 nitrogen and oxygen atoms in total. The van der Waals surface area contributed by atoms with Gasteiger partial charge in [0, 0.05) is 18.2 Å². The van der Waals surface area contributed by atoms with Gasteiger partial charge in [0.1, 0.15) is 0 Å². The summed E-state index contributed by atoms with van der Waals surface area (Å²) in [4.78, 5) is 14.2. The minimum Gasteiger partial charge on any atom is -0.396 e. The molecule has 22 heavy (non-hydrogen) atoms. The van der Waals surface area contributed by atoms with E-state index in [1.54, 1.807) is 0 Å². The lowest BCUT2D eigenvalue weighted by Gasteiger charge is -2.39. The molecule has 1 fully saturated rings. The van der Waals surface area contributed by atoms with E-state index >= 15 is 0 Å². The van der Waals surface area contributed by atoms with E-state index in [9.17, 15) is 9.90 Å². The van der Waals surface area contributed by atoms with E-state index in [4.69, 9.17) is 11.6 Å². The van der Waals surface area contributed by atoms with Gasteiger partial charge in [-0.3, -0.25) is 9.69 Å². The number of carbonyl (C=O) groups is 1. The van der Waals surface area contributed by atoms with E-state index in [1.807, 2.05) is 24.3 Å². The lowest BCUT2D eigenvalue weighted by molar-refractivity contribution is -0.123. The van der Waals surface area contributed by atoms with Crippen LogP contribution in [0.3, 0.4) is 0 Å². The minimum absolute atomic E-state index is 0.0444. The Bertz CT molecular complexity index is 476. The molecule has 1 aliphatic heterocycles. The predicted octanol–water partition coefficient (Wildman–Crippen LogP) is 2.44. The fourth-order valence-electron chi connectivity index (χ4n) is 2.87. The fourth-order valence-corrected chi connectivity index (χ4v) is 3.00. The first-order valence-corrected chi connectivity index (χ1v) is 8.29. The van der Waals surface area contributed by atoms with E-state index in [1.165, 1.54) is 0 Å². The summed E-state index contributed by atoms with van der Waals surface area (Å²) in [6.07, 6.45) is 2.93. The van der Waals surface area contributed by atoms with E-state index in [2.05, 4.69) is 17.1 Å². The molecule has 1 aliphatic rings. The molecule has 0 unspecified atom stereocenters. The van der Waals surface area contributed by atoms with E-state index in [-0.39, 0.29) is 17.9 Å². The molecule has 0 radical (unpaired) electrons. The van der Waals surface area contributed by atoms with Gasteiger partial charge in [-0.2, -0.15) is 0 Å². The van der Waals surface area contributed by atoms with Crippen LogP contribution in [-0.2, 0) is 11.3 Å². The van der Waals surface area contributed by atoms with Crippen LogP contribution in [0.4, 0.5) is 0 Å². The maximum Gasteiger partial charge on any atom is 0.234 e. The Kier molecular flexibility index (Phi) is 6.24. The van der Waals surface area contributed by atoms with Crippen molar-refractivity contribution in [2.45, 2.75) is 32.7 Å². The van der Waals surface area contributed by atoms with Crippen molar-refractivity contribution in [3.05, 3.63) is 34.9 Å². The monoisotopic (exact) mass is 324 g/mol. The largest absolute Gasteiger partial charge is 0.396 e.